The molecule has 1 aliphatic heterocycles. The highest BCUT2D eigenvalue weighted by Gasteiger charge is 2.17. The molecule has 0 aromatic heterocycles. The minimum atomic E-state index is 0.619. The van der Waals surface area contributed by atoms with E-state index in [4.69, 9.17) is 4.74 Å². The summed E-state index contributed by atoms with van der Waals surface area (Å²) in [7, 11) is 2.26. The van der Waals surface area contributed by atoms with Crippen molar-refractivity contribution in [3.63, 3.8) is 0 Å². The molecule has 0 spiro atoms. The van der Waals surface area contributed by atoms with E-state index in [2.05, 4.69) is 31.1 Å². The molecule has 0 saturated carbocycles. The summed E-state index contributed by atoms with van der Waals surface area (Å²) in [6.45, 7) is 8.68. The fourth-order valence-corrected chi connectivity index (χ4v) is 2.19. The summed E-state index contributed by atoms with van der Waals surface area (Å²) < 4.78 is 5.38. The van der Waals surface area contributed by atoms with Crippen LogP contribution >= 0.6 is 0 Å². The maximum atomic E-state index is 5.38. The molecule has 0 aliphatic carbocycles. The summed E-state index contributed by atoms with van der Waals surface area (Å²) in [6, 6.07) is 1.38. The van der Waals surface area contributed by atoms with Crippen LogP contribution in [0.4, 0.5) is 0 Å². The summed E-state index contributed by atoms with van der Waals surface area (Å²) in [5.41, 5.74) is 0. The third kappa shape index (κ3) is 5.83. The molecule has 1 fully saturated rings. The van der Waals surface area contributed by atoms with E-state index in [1.807, 2.05) is 0 Å². The molecule has 3 nitrogen and oxygen atoms in total. The van der Waals surface area contributed by atoms with Crippen LogP contribution in [0.1, 0.15) is 39.5 Å². The SMILES string of the molecule is CC(C)NCCCCN(C)C1CCOCC1. The van der Waals surface area contributed by atoms with E-state index in [1.165, 1.54) is 32.2 Å². The third-order valence-electron chi connectivity index (χ3n) is 3.30. The molecule has 16 heavy (non-hydrogen) atoms. The molecule has 0 amide bonds. The van der Waals surface area contributed by atoms with Gasteiger partial charge in [0.1, 0.15) is 0 Å². The molecule has 1 saturated heterocycles. The maximum absolute atomic E-state index is 5.38. The predicted molar refractivity (Wildman–Crippen MR) is 68.8 cm³/mol. The van der Waals surface area contributed by atoms with Gasteiger partial charge >= 0.3 is 0 Å². The van der Waals surface area contributed by atoms with E-state index in [0.717, 1.165) is 25.8 Å². The summed E-state index contributed by atoms with van der Waals surface area (Å²) in [6.07, 6.45) is 5.00. The van der Waals surface area contributed by atoms with Gasteiger partial charge in [-0.3, -0.25) is 0 Å². The highest BCUT2D eigenvalue weighted by Crippen LogP contribution is 2.13. The summed E-state index contributed by atoms with van der Waals surface area (Å²) in [4.78, 5) is 2.51. The van der Waals surface area contributed by atoms with Crippen LogP contribution in [0, 0.1) is 0 Å². The molecule has 0 radical (unpaired) electrons. The molecule has 96 valence electrons. The molecule has 1 heterocycles. The van der Waals surface area contributed by atoms with Gasteiger partial charge in [-0.2, -0.15) is 0 Å². The third-order valence-corrected chi connectivity index (χ3v) is 3.30. The topological polar surface area (TPSA) is 24.5 Å². The Balaban J connectivity index is 1.98. The van der Waals surface area contributed by atoms with Gasteiger partial charge in [0.25, 0.3) is 0 Å². The van der Waals surface area contributed by atoms with E-state index in [-0.39, 0.29) is 0 Å². The van der Waals surface area contributed by atoms with E-state index in [0.29, 0.717) is 6.04 Å². The van der Waals surface area contributed by atoms with Crippen molar-refractivity contribution in [2.75, 3.05) is 33.4 Å². The van der Waals surface area contributed by atoms with E-state index in [9.17, 15) is 0 Å². The molecular weight excluding hydrogens is 200 g/mol. The van der Waals surface area contributed by atoms with Gasteiger partial charge in [0.15, 0.2) is 0 Å². The number of nitrogens with one attached hydrogen (secondary N) is 1. The largest absolute Gasteiger partial charge is 0.381 e. The second kappa shape index (κ2) is 8.04. The summed E-state index contributed by atoms with van der Waals surface area (Å²) >= 11 is 0. The summed E-state index contributed by atoms with van der Waals surface area (Å²) in [5, 5.41) is 3.46. The van der Waals surface area contributed by atoms with Gasteiger partial charge in [0.05, 0.1) is 0 Å². The number of ether oxygens (including phenoxy) is 1. The Bertz CT molecular complexity index is 167. The van der Waals surface area contributed by atoms with Crippen LogP contribution in [-0.2, 0) is 4.74 Å². The van der Waals surface area contributed by atoms with E-state index < -0.39 is 0 Å². The van der Waals surface area contributed by atoms with Crippen molar-refractivity contribution < 1.29 is 4.74 Å². The van der Waals surface area contributed by atoms with Crippen LogP contribution in [0.3, 0.4) is 0 Å². The Kier molecular flexibility index (Phi) is 7.01. The van der Waals surface area contributed by atoms with Crippen molar-refractivity contribution in [2.24, 2.45) is 0 Å². The average molecular weight is 228 g/mol. The molecule has 0 atom stereocenters. The van der Waals surface area contributed by atoms with Crippen LogP contribution < -0.4 is 5.32 Å². The van der Waals surface area contributed by atoms with Crippen molar-refractivity contribution >= 4 is 0 Å². The van der Waals surface area contributed by atoms with E-state index >= 15 is 0 Å². The maximum Gasteiger partial charge on any atom is 0.0480 e. The lowest BCUT2D eigenvalue weighted by Crippen LogP contribution is -2.37. The van der Waals surface area contributed by atoms with Crippen molar-refractivity contribution in [1.29, 1.82) is 0 Å². The lowest BCUT2D eigenvalue weighted by atomic mass is 10.1. The smallest absolute Gasteiger partial charge is 0.0480 e. The number of hydrogen-bond donors (Lipinski definition) is 1. The van der Waals surface area contributed by atoms with Gasteiger partial charge in [-0.1, -0.05) is 13.8 Å². The first-order valence-corrected chi connectivity index (χ1v) is 6.71. The normalized spacial score (nSPS) is 18.6. The Hall–Kier alpha value is -0.120. The van der Waals surface area contributed by atoms with Gasteiger partial charge < -0.3 is 15.0 Å². The summed E-state index contributed by atoms with van der Waals surface area (Å²) in [5.74, 6) is 0. The molecule has 1 rings (SSSR count). The van der Waals surface area contributed by atoms with Crippen molar-refractivity contribution in [3.8, 4) is 0 Å². The monoisotopic (exact) mass is 228 g/mol. The van der Waals surface area contributed by atoms with Crippen LogP contribution in [0.15, 0.2) is 0 Å². The highest BCUT2D eigenvalue weighted by molar-refractivity contribution is 4.71. The fraction of sp³-hybridized carbons (Fsp3) is 1.00. The molecule has 0 aromatic carbocycles. The van der Waals surface area contributed by atoms with Gasteiger partial charge in [-0.05, 0) is 45.8 Å². The Labute approximate surface area is 101 Å². The Morgan fingerprint density at radius 3 is 2.56 bits per heavy atom. The second-order valence-corrected chi connectivity index (χ2v) is 5.14. The standard InChI is InChI=1S/C13H28N2O/c1-12(2)14-8-4-5-9-15(3)13-6-10-16-11-7-13/h12-14H,4-11H2,1-3H3. The first-order chi connectivity index (χ1) is 7.70. The molecule has 3 heteroatoms. The Morgan fingerprint density at radius 1 is 1.25 bits per heavy atom. The van der Waals surface area contributed by atoms with Crippen LogP contribution in [0.5, 0.6) is 0 Å². The number of rotatable bonds is 7. The van der Waals surface area contributed by atoms with Gasteiger partial charge in [-0.15, -0.1) is 0 Å². The molecule has 0 unspecified atom stereocenters. The van der Waals surface area contributed by atoms with Crippen LogP contribution in [0.2, 0.25) is 0 Å². The lowest BCUT2D eigenvalue weighted by molar-refractivity contribution is 0.0426. The number of nitrogens with zero attached hydrogens (tertiary/aromatic N) is 1. The minimum absolute atomic E-state index is 0.619. The zero-order valence-electron chi connectivity index (χ0n) is 11.2. The van der Waals surface area contributed by atoms with Gasteiger partial charge in [0.2, 0.25) is 0 Å². The molecule has 0 aromatic rings. The first kappa shape index (κ1) is 13.9. The zero-order chi connectivity index (χ0) is 11.8. The molecule has 1 aliphatic rings. The number of unbranched alkanes of at least 4 members (excludes halogenated alkanes) is 1. The average Bonchev–Trinajstić information content (AvgIpc) is 2.29. The molecular formula is C13H28N2O. The first-order valence-electron chi connectivity index (χ1n) is 6.71. The van der Waals surface area contributed by atoms with Crippen LogP contribution in [-0.4, -0.2) is 50.3 Å². The molecule has 0 bridgehead atoms. The quantitative estimate of drug-likeness (QED) is 0.673. The minimum Gasteiger partial charge on any atom is -0.381 e. The molecule has 1 N–H and O–H groups in total. The Morgan fingerprint density at radius 2 is 1.94 bits per heavy atom. The van der Waals surface area contributed by atoms with Crippen molar-refractivity contribution in [2.45, 2.75) is 51.6 Å². The number of hydrogen-bond acceptors (Lipinski definition) is 3. The van der Waals surface area contributed by atoms with Crippen molar-refractivity contribution in [3.05, 3.63) is 0 Å². The zero-order valence-corrected chi connectivity index (χ0v) is 11.2. The second-order valence-electron chi connectivity index (χ2n) is 5.14. The van der Waals surface area contributed by atoms with Crippen molar-refractivity contribution in [1.82, 2.24) is 10.2 Å². The fourth-order valence-electron chi connectivity index (χ4n) is 2.19. The van der Waals surface area contributed by atoms with Gasteiger partial charge in [-0.25, -0.2) is 0 Å². The predicted octanol–water partition coefficient (Wildman–Crippen LogP) is 1.88. The lowest BCUT2D eigenvalue weighted by Gasteiger charge is -2.31. The van der Waals surface area contributed by atoms with E-state index in [1.54, 1.807) is 0 Å². The highest BCUT2D eigenvalue weighted by atomic mass is 16.5. The van der Waals surface area contributed by atoms with Crippen LogP contribution in [0.25, 0.3) is 0 Å². The van der Waals surface area contributed by atoms with Gasteiger partial charge in [0, 0.05) is 25.3 Å².